The molecule has 0 aromatic rings. The number of rotatable bonds is 1. The first-order chi connectivity index (χ1) is 4.59. The highest BCUT2D eigenvalue weighted by molar-refractivity contribution is 4.95. The predicted octanol–water partition coefficient (Wildman–Crippen LogP) is -0.533. The minimum absolute atomic E-state index is 0.127. The molecule has 0 saturated carbocycles. The van der Waals surface area contributed by atoms with Gasteiger partial charge in [0, 0.05) is 0 Å². The zero-order chi connectivity index (χ0) is 7.78. The molecule has 0 bridgehead atoms. The predicted molar refractivity (Wildman–Crippen MR) is 32.3 cm³/mol. The lowest BCUT2D eigenvalue weighted by atomic mass is 9.97. The fourth-order valence-corrected chi connectivity index (χ4v) is 0.977. The van der Waals surface area contributed by atoms with Crippen molar-refractivity contribution in [3.8, 4) is 0 Å². The number of aliphatic hydroxyl groups excluding tert-OH is 1. The van der Waals surface area contributed by atoms with Crippen LogP contribution in [0.4, 0.5) is 4.39 Å². The van der Waals surface area contributed by atoms with Crippen LogP contribution in [0.25, 0.3) is 0 Å². The number of aliphatic hydroxyl groups is 2. The Balaban J connectivity index is 2.64. The van der Waals surface area contributed by atoms with Gasteiger partial charge in [-0.15, -0.1) is 0 Å². The monoisotopic (exact) mass is 150 g/mol. The van der Waals surface area contributed by atoms with Crippen molar-refractivity contribution in [1.82, 2.24) is 0 Å². The van der Waals surface area contributed by atoms with Gasteiger partial charge in [-0.25, -0.2) is 4.39 Å². The van der Waals surface area contributed by atoms with Gasteiger partial charge in [0.15, 0.2) is 6.17 Å². The van der Waals surface area contributed by atoms with Crippen LogP contribution in [0.5, 0.6) is 0 Å². The van der Waals surface area contributed by atoms with Crippen molar-refractivity contribution in [3.63, 3.8) is 0 Å². The van der Waals surface area contributed by atoms with Gasteiger partial charge in [-0.1, -0.05) is 0 Å². The molecule has 0 aromatic carbocycles. The molecule has 0 aliphatic carbocycles. The highest BCUT2D eigenvalue weighted by Crippen LogP contribution is 2.27. The second kappa shape index (κ2) is 2.45. The van der Waals surface area contributed by atoms with Crippen molar-refractivity contribution in [2.24, 2.45) is 0 Å². The quantitative estimate of drug-likeness (QED) is 0.528. The molecule has 1 heterocycles. The third-order valence-corrected chi connectivity index (χ3v) is 1.90. The van der Waals surface area contributed by atoms with E-state index in [9.17, 15) is 9.50 Å². The summed E-state index contributed by atoms with van der Waals surface area (Å²) in [5.74, 6) is 0. The Morgan fingerprint density at radius 1 is 1.80 bits per heavy atom. The minimum Gasteiger partial charge on any atom is -0.394 e. The molecule has 0 spiro atoms. The number of hydrogen-bond donors (Lipinski definition) is 2. The van der Waals surface area contributed by atoms with Crippen molar-refractivity contribution in [2.75, 3.05) is 13.2 Å². The lowest BCUT2D eigenvalue weighted by Crippen LogP contribution is -2.43. The van der Waals surface area contributed by atoms with Crippen LogP contribution >= 0.6 is 0 Å². The fourth-order valence-electron chi connectivity index (χ4n) is 0.977. The summed E-state index contributed by atoms with van der Waals surface area (Å²) < 4.78 is 17.4. The van der Waals surface area contributed by atoms with E-state index in [2.05, 4.69) is 0 Å². The molecule has 2 N–H and O–H groups in total. The van der Waals surface area contributed by atoms with Gasteiger partial charge in [0.1, 0.15) is 11.7 Å². The molecule has 1 aliphatic rings. The summed E-state index contributed by atoms with van der Waals surface area (Å²) in [6.45, 7) is 0.858. The molecule has 1 aliphatic heterocycles. The van der Waals surface area contributed by atoms with E-state index < -0.39 is 17.9 Å². The molecular formula is C6H11FO3. The molecule has 10 heavy (non-hydrogen) atoms. The van der Waals surface area contributed by atoms with Gasteiger partial charge in [-0.05, 0) is 6.92 Å². The molecule has 0 unspecified atom stereocenters. The molecule has 0 aromatic heterocycles. The first kappa shape index (κ1) is 7.91. The van der Waals surface area contributed by atoms with Gasteiger partial charge in [0.05, 0.1) is 13.2 Å². The normalized spacial score (nSPS) is 48.0. The van der Waals surface area contributed by atoms with Crippen molar-refractivity contribution >= 4 is 0 Å². The van der Waals surface area contributed by atoms with Crippen LogP contribution in [0.15, 0.2) is 0 Å². The van der Waals surface area contributed by atoms with Crippen molar-refractivity contribution in [3.05, 3.63) is 0 Å². The SMILES string of the molecule is C[C@]1(O)[C@@H](F)CO[C@@H]1CO. The Morgan fingerprint density at radius 2 is 2.40 bits per heavy atom. The second-order valence-electron chi connectivity index (χ2n) is 2.70. The van der Waals surface area contributed by atoms with Crippen molar-refractivity contribution in [2.45, 2.75) is 24.8 Å². The number of alkyl halides is 1. The van der Waals surface area contributed by atoms with E-state index >= 15 is 0 Å². The number of halogens is 1. The third-order valence-electron chi connectivity index (χ3n) is 1.90. The minimum atomic E-state index is -1.52. The summed E-state index contributed by atoms with van der Waals surface area (Å²) in [6, 6.07) is 0. The van der Waals surface area contributed by atoms with E-state index in [1.807, 2.05) is 0 Å². The lowest BCUT2D eigenvalue weighted by Gasteiger charge is -2.23. The third kappa shape index (κ3) is 1.02. The Hall–Kier alpha value is -0.190. The highest BCUT2D eigenvalue weighted by Gasteiger charge is 2.46. The molecule has 4 heteroatoms. The van der Waals surface area contributed by atoms with Gasteiger partial charge in [0.2, 0.25) is 0 Å². The molecule has 1 fully saturated rings. The maximum Gasteiger partial charge on any atom is 0.154 e. The summed E-state index contributed by atoms with van der Waals surface area (Å²) in [5.41, 5.74) is -1.52. The zero-order valence-electron chi connectivity index (χ0n) is 5.75. The van der Waals surface area contributed by atoms with Crippen LogP contribution in [0.3, 0.4) is 0 Å². The summed E-state index contributed by atoms with van der Waals surface area (Å²) >= 11 is 0. The first-order valence-electron chi connectivity index (χ1n) is 3.18. The van der Waals surface area contributed by atoms with Gasteiger partial charge >= 0.3 is 0 Å². The summed E-state index contributed by atoms with van der Waals surface area (Å²) in [7, 11) is 0. The first-order valence-corrected chi connectivity index (χ1v) is 3.18. The highest BCUT2D eigenvalue weighted by atomic mass is 19.1. The molecule has 1 saturated heterocycles. The molecule has 0 amide bonds. The van der Waals surface area contributed by atoms with E-state index in [0.29, 0.717) is 0 Å². The van der Waals surface area contributed by atoms with Gasteiger partial charge < -0.3 is 14.9 Å². The van der Waals surface area contributed by atoms with E-state index in [4.69, 9.17) is 9.84 Å². The molecule has 60 valence electrons. The standard InChI is InChI=1S/C6H11FO3/c1-6(9)4(7)3-10-5(6)2-8/h4-5,8-9H,2-3H2,1H3/t4-,5+,6-/m0/s1. The van der Waals surface area contributed by atoms with Crippen molar-refractivity contribution in [1.29, 1.82) is 0 Å². The Bertz CT molecular complexity index is 126. The Morgan fingerprint density at radius 3 is 2.60 bits per heavy atom. The number of hydrogen-bond acceptors (Lipinski definition) is 3. The van der Waals surface area contributed by atoms with Crippen LogP contribution in [0.1, 0.15) is 6.92 Å². The summed E-state index contributed by atoms with van der Waals surface area (Å²) in [5, 5.41) is 17.8. The number of ether oxygens (including phenoxy) is 1. The zero-order valence-corrected chi connectivity index (χ0v) is 5.75. The van der Waals surface area contributed by atoms with Gasteiger partial charge in [-0.3, -0.25) is 0 Å². The average molecular weight is 150 g/mol. The van der Waals surface area contributed by atoms with Crippen molar-refractivity contribution < 1.29 is 19.3 Å². The van der Waals surface area contributed by atoms with E-state index in [1.54, 1.807) is 0 Å². The van der Waals surface area contributed by atoms with Gasteiger partial charge in [0.25, 0.3) is 0 Å². The largest absolute Gasteiger partial charge is 0.394 e. The van der Waals surface area contributed by atoms with Gasteiger partial charge in [-0.2, -0.15) is 0 Å². The summed E-state index contributed by atoms with van der Waals surface area (Å²) in [4.78, 5) is 0. The molecular weight excluding hydrogens is 139 g/mol. The Kier molecular flexibility index (Phi) is 1.94. The molecule has 3 atom stereocenters. The van der Waals surface area contributed by atoms with Crippen LogP contribution in [-0.2, 0) is 4.74 Å². The van der Waals surface area contributed by atoms with E-state index in [0.717, 1.165) is 0 Å². The molecule has 3 nitrogen and oxygen atoms in total. The van der Waals surface area contributed by atoms with E-state index in [-0.39, 0.29) is 13.2 Å². The fraction of sp³-hybridized carbons (Fsp3) is 1.00. The topological polar surface area (TPSA) is 49.7 Å². The molecule has 0 radical (unpaired) electrons. The van der Waals surface area contributed by atoms with Crippen LogP contribution < -0.4 is 0 Å². The maximum absolute atomic E-state index is 12.7. The Labute approximate surface area is 58.4 Å². The van der Waals surface area contributed by atoms with E-state index in [1.165, 1.54) is 6.92 Å². The van der Waals surface area contributed by atoms with Crippen LogP contribution in [0, 0.1) is 0 Å². The average Bonchev–Trinajstić information content (AvgIpc) is 2.10. The lowest BCUT2D eigenvalue weighted by molar-refractivity contribution is -0.0647. The smallest absolute Gasteiger partial charge is 0.154 e. The molecule has 1 rings (SSSR count). The van der Waals surface area contributed by atoms with Crippen LogP contribution in [-0.4, -0.2) is 41.3 Å². The van der Waals surface area contributed by atoms with Crippen LogP contribution in [0.2, 0.25) is 0 Å². The summed E-state index contributed by atoms with van der Waals surface area (Å²) in [6.07, 6.45) is -2.16. The maximum atomic E-state index is 12.7. The second-order valence-corrected chi connectivity index (χ2v) is 2.70.